The number of hydrogen-bond donors (Lipinski definition) is 3. The van der Waals surface area contributed by atoms with Crippen LogP contribution in [0.15, 0.2) is 53.6 Å². The van der Waals surface area contributed by atoms with Gasteiger partial charge in [-0.2, -0.15) is 5.26 Å². The van der Waals surface area contributed by atoms with Gasteiger partial charge in [-0.15, -0.1) is 0 Å². The molecule has 1 saturated heterocycles. The van der Waals surface area contributed by atoms with Crippen molar-refractivity contribution in [3.05, 3.63) is 64.7 Å². The number of nitrogens with zero attached hydrogens (tertiary/aromatic N) is 5. The van der Waals surface area contributed by atoms with Gasteiger partial charge < -0.3 is 25.7 Å². The molecule has 1 aliphatic heterocycles. The molecule has 4 N–H and O–H groups in total. The van der Waals surface area contributed by atoms with Crippen LogP contribution in [0, 0.1) is 11.3 Å². The molecule has 37 heavy (non-hydrogen) atoms. The van der Waals surface area contributed by atoms with Crippen LogP contribution in [0.4, 0.5) is 17.3 Å². The summed E-state index contributed by atoms with van der Waals surface area (Å²) >= 11 is 0. The molecule has 3 aromatic heterocycles. The molecule has 1 fully saturated rings. The summed E-state index contributed by atoms with van der Waals surface area (Å²) in [5, 5.41) is 13.3. The third-order valence-corrected chi connectivity index (χ3v) is 6.75. The van der Waals surface area contributed by atoms with E-state index in [0.717, 1.165) is 38.2 Å². The average molecular weight is 497 g/mol. The van der Waals surface area contributed by atoms with Crippen LogP contribution in [0.2, 0.25) is 0 Å². The van der Waals surface area contributed by atoms with E-state index in [0.29, 0.717) is 40.3 Å². The standard InChI is InChI=1S/C27H28N8O2/c1-37-27-24(29)31-16-22(34-27)21-15-19-7-11-30-26(36)23(19)25(33-21)32-20-5-3-17(4-6-20)18-8-13-35(14-9-18)12-2-10-28/h3-7,11,15-16,18H,2,8-9,12-14H2,1H3,(H2,29,31)(H,30,36)(H,32,33). The Kier molecular flexibility index (Phi) is 6.96. The van der Waals surface area contributed by atoms with E-state index in [4.69, 9.17) is 20.7 Å². The van der Waals surface area contributed by atoms with E-state index < -0.39 is 0 Å². The molecule has 5 rings (SSSR count). The minimum Gasteiger partial charge on any atom is -0.478 e. The van der Waals surface area contributed by atoms with Crippen molar-refractivity contribution in [1.82, 2.24) is 24.8 Å². The minimum absolute atomic E-state index is 0.190. The number of aromatic nitrogens is 4. The summed E-state index contributed by atoms with van der Waals surface area (Å²) < 4.78 is 5.21. The molecule has 1 aromatic carbocycles. The summed E-state index contributed by atoms with van der Waals surface area (Å²) in [5.41, 5.74) is 8.71. The number of rotatable bonds is 7. The van der Waals surface area contributed by atoms with Crippen LogP contribution in [0.3, 0.4) is 0 Å². The van der Waals surface area contributed by atoms with Crippen molar-refractivity contribution in [2.45, 2.75) is 25.2 Å². The molecule has 0 spiro atoms. The van der Waals surface area contributed by atoms with Gasteiger partial charge in [0.2, 0.25) is 0 Å². The number of benzene rings is 1. The van der Waals surface area contributed by atoms with E-state index in [-0.39, 0.29) is 17.3 Å². The number of ether oxygens (including phenoxy) is 1. The smallest absolute Gasteiger partial charge is 0.259 e. The summed E-state index contributed by atoms with van der Waals surface area (Å²) in [5.74, 6) is 1.32. The van der Waals surface area contributed by atoms with Crippen LogP contribution in [-0.2, 0) is 0 Å². The zero-order chi connectivity index (χ0) is 25.8. The molecular weight excluding hydrogens is 468 g/mol. The van der Waals surface area contributed by atoms with Gasteiger partial charge >= 0.3 is 0 Å². The molecule has 0 radical (unpaired) electrons. The highest BCUT2D eigenvalue weighted by Crippen LogP contribution is 2.31. The topological polar surface area (TPSA) is 146 Å². The number of hydrogen-bond acceptors (Lipinski definition) is 9. The van der Waals surface area contributed by atoms with Crippen molar-refractivity contribution in [2.24, 2.45) is 0 Å². The van der Waals surface area contributed by atoms with E-state index in [9.17, 15) is 4.79 Å². The largest absolute Gasteiger partial charge is 0.478 e. The van der Waals surface area contributed by atoms with Gasteiger partial charge in [0.25, 0.3) is 11.4 Å². The quantitative estimate of drug-likeness (QED) is 0.347. The van der Waals surface area contributed by atoms with Crippen molar-refractivity contribution in [2.75, 3.05) is 37.8 Å². The number of fused-ring (bicyclic) bond motifs is 1. The number of anilines is 3. The lowest BCUT2D eigenvalue weighted by atomic mass is 9.89. The van der Waals surface area contributed by atoms with E-state index in [1.54, 1.807) is 12.3 Å². The van der Waals surface area contributed by atoms with Crippen molar-refractivity contribution in [3.8, 4) is 23.3 Å². The molecule has 1 aliphatic rings. The molecule has 4 aromatic rings. The maximum absolute atomic E-state index is 12.7. The SMILES string of the molecule is COc1nc(-c2cc3cc[nH]c(=O)c3c(Nc3ccc(C4CCN(CCC#N)CC4)cc3)n2)cnc1N. The van der Waals surface area contributed by atoms with Gasteiger partial charge in [-0.05, 0) is 67.1 Å². The number of nitrogens with two attached hydrogens (primary N) is 1. The fraction of sp³-hybridized carbons (Fsp3) is 0.296. The summed E-state index contributed by atoms with van der Waals surface area (Å²) in [7, 11) is 1.48. The highest BCUT2D eigenvalue weighted by molar-refractivity contribution is 5.94. The van der Waals surface area contributed by atoms with Crippen LogP contribution < -0.4 is 21.3 Å². The normalized spacial score (nSPS) is 14.4. The first kappa shape index (κ1) is 24.2. The fourth-order valence-corrected chi connectivity index (χ4v) is 4.76. The number of pyridine rings is 2. The second kappa shape index (κ2) is 10.6. The Morgan fingerprint density at radius 2 is 1.97 bits per heavy atom. The van der Waals surface area contributed by atoms with E-state index in [2.05, 4.69) is 43.4 Å². The van der Waals surface area contributed by atoms with Gasteiger partial charge in [-0.1, -0.05) is 12.1 Å². The molecule has 4 heterocycles. The molecule has 10 nitrogen and oxygen atoms in total. The number of piperidine rings is 1. The molecule has 0 amide bonds. The van der Waals surface area contributed by atoms with Gasteiger partial charge in [0.15, 0.2) is 5.82 Å². The monoisotopic (exact) mass is 496 g/mol. The Hall–Kier alpha value is -4.49. The van der Waals surface area contributed by atoms with Crippen LogP contribution >= 0.6 is 0 Å². The minimum atomic E-state index is -0.236. The average Bonchev–Trinajstić information content (AvgIpc) is 2.93. The molecule has 188 valence electrons. The Bertz CT molecular complexity index is 1500. The van der Waals surface area contributed by atoms with Crippen LogP contribution in [0.1, 0.15) is 30.7 Å². The van der Waals surface area contributed by atoms with Crippen LogP contribution in [-0.4, -0.2) is 51.6 Å². The Morgan fingerprint density at radius 1 is 1.19 bits per heavy atom. The van der Waals surface area contributed by atoms with Gasteiger partial charge in [-0.3, -0.25) is 4.79 Å². The van der Waals surface area contributed by atoms with E-state index >= 15 is 0 Å². The molecule has 0 unspecified atom stereocenters. The molecule has 0 saturated carbocycles. The lowest BCUT2D eigenvalue weighted by Gasteiger charge is -2.31. The molecule has 0 bridgehead atoms. The molecule has 0 atom stereocenters. The Labute approximate surface area is 214 Å². The number of nitrogens with one attached hydrogen (secondary N) is 2. The molecular formula is C27H28N8O2. The number of aromatic amines is 1. The molecule has 0 aliphatic carbocycles. The lowest BCUT2D eigenvalue weighted by molar-refractivity contribution is 0.216. The third-order valence-electron chi connectivity index (χ3n) is 6.75. The third kappa shape index (κ3) is 5.22. The number of nitriles is 1. The number of methoxy groups -OCH3 is 1. The van der Waals surface area contributed by atoms with Crippen molar-refractivity contribution < 1.29 is 4.74 Å². The van der Waals surface area contributed by atoms with Crippen molar-refractivity contribution in [3.63, 3.8) is 0 Å². The summed E-state index contributed by atoms with van der Waals surface area (Å²) in [4.78, 5) is 31.1. The second-order valence-corrected chi connectivity index (χ2v) is 9.05. The second-order valence-electron chi connectivity index (χ2n) is 9.05. The first-order chi connectivity index (χ1) is 18.1. The van der Waals surface area contributed by atoms with Gasteiger partial charge in [0, 0.05) is 24.8 Å². The predicted octanol–water partition coefficient (Wildman–Crippen LogP) is 3.81. The van der Waals surface area contributed by atoms with E-state index in [1.807, 2.05) is 18.2 Å². The number of likely N-dealkylation sites (tertiary alicyclic amines) is 1. The first-order valence-corrected chi connectivity index (χ1v) is 12.2. The van der Waals surface area contributed by atoms with Gasteiger partial charge in [0.05, 0.1) is 30.5 Å². The lowest BCUT2D eigenvalue weighted by Crippen LogP contribution is -2.33. The maximum Gasteiger partial charge on any atom is 0.259 e. The number of nitrogen functional groups attached to an aromatic ring is 1. The predicted molar refractivity (Wildman–Crippen MR) is 143 cm³/mol. The van der Waals surface area contributed by atoms with Crippen LogP contribution in [0.25, 0.3) is 22.2 Å². The van der Waals surface area contributed by atoms with Crippen molar-refractivity contribution in [1.29, 1.82) is 5.26 Å². The zero-order valence-electron chi connectivity index (χ0n) is 20.6. The van der Waals surface area contributed by atoms with Gasteiger partial charge in [-0.25, -0.2) is 15.0 Å². The van der Waals surface area contributed by atoms with E-state index in [1.165, 1.54) is 18.9 Å². The maximum atomic E-state index is 12.7. The highest BCUT2D eigenvalue weighted by Gasteiger charge is 2.20. The number of H-pyrrole nitrogens is 1. The first-order valence-electron chi connectivity index (χ1n) is 12.2. The summed E-state index contributed by atoms with van der Waals surface area (Å²) in [6, 6.07) is 14.1. The zero-order valence-corrected chi connectivity index (χ0v) is 20.6. The Morgan fingerprint density at radius 3 is 2.70 bits per heavy atom. The summed E-state index contributed by atoms with van der Waals surface area (Å²) in [6.07, 6.45) is 5.87. The van der Waals surface area contributed by atoms with Gasteiger partial charge in [0.1, 0.15) is 11.5 Å². The highest BCUT2D eigenvalue weighted by atomic mass is 16.5. The van der Waals surface area contributed by atoms with Crippen LogP contribution in [0.5, 0.6) is 5.88 Å². The Balaban J connectivity index is 1.41. The van der Waals surface area contributed by atoms with Crippen molar-refractivity contribution >= 4 is 28.1 Å². The molecule has 10 heteroatoms. The summed E-state index contributed by atoms with van der Waals surface area (Å²) in [6.45, 7) is 2.87. The fourth-order valence-electron chi connectivity index (χ4n) is 4.76.